The van der Waals surface area contributed by atoms with Crippen LogP contribution in [0.1, 0.15) is 30.8 Å². The van der Waals surface area contributed by atoms with Crippen LogP contribution in [0.4, 0.5) is 0 Å². The van der Waals surface area contributed by atoms with Gasteiger partial charge in [-0.25, -0.2) is 0 Å². The van der Waals surface area contributed by atoms with Crippen LogP contribution in [-0.2, 0) is 4.79 Å². The van der Waals surface area contributed by atoms with Gasteiger partial charge in [0.2, 0.25) is 0 Å². The van der Waals surface area contributed by atoms with Gasteiger partial charge >= 0.3 is 0 Å². The van der Waals surface area contributed by atoms with Gasteiger partial charge in [-0.05, 0) is 23.8 Å². The Morgan fingerprint density at radius 2 is 2.00 bits per heavy atom. The highest BCUT2D eigenvalue weighted by atomic mass is 16.2. The number of nitrogens with one attached hydrogen (secondary N) is 1. The van der Waals surface area contributed by atoms with Gasteiger partial charge in [0.1, 0.15) is 12.0 Å². The average Bonchev–Trinajstić information content (AvgIpc) is 2.45. The SMILES string of the molecule is CC(C)C[C@@H](C=O)NC(=O)c1cc2ccccc2cn1. The minimum absolute atomic E-state index is 0.312. The zero-order valence-corrected chi connectivity index (χ0v) is 11.7. The fraction of sp³-hybridized carbons (Fsp3) is 0.312. The van der Waals surface area contributed by atoms with Crippen molar-refractivity contribution in [2.45, 2.75) is 26.3 Å². The summed E-state index contributed by atoms with van der Waals surface area (Å²) in [6.07, 6.45) is 3.07. The van der Waals surface area contributed by atoms with E-state index in [1.807, 2.05) is 38.1 Å². The molecule has 2 aromatic rings. The largest absolute Gasteiger partial charge is 0.341 e. The third kappa shape index (κ3) is 3.41. The topological polar surface area (TPSA) is 59.1 Å². The first-order valence-electron chi connectivity index (χ1n) is 6.71. The smallest absolute Gasteiger partial charge is 0.270 e. The van der Waals surface area contributed by atoms with Gasteiger partial charge in [-0.15, -0.1) is 0 Å². The van der Waals surface area contributed by atoms with Crippen LogP contribution < -0.4 is 5.32 Å². The van der Waals surface area contributed by atoms with E-state index in [0.29, 0.717) is 18.0 Å². The summed E-state index contributed by atoms with van der Waals surface area (Å²) >= 11 is 0. The van der Waals surface area contributed by atoms with E-state index < -0.39 is 6.04 Å². The highest BCUT2D eigenvalue weighted by Gasteiger charge is 2.15. The van der Waals surface area contributed by atoms with Crippen LogP contribution in [0.3, 0.4) is 0 Å². The molecule has 0 saturated carbocycles. The zero-order chi connectivity index (χ0) is 14.5. The van der Waals surface area contributed by atoms with Crippen molar-refractivity contribution in [1.29, 1.82) is 0 Å². The molecule has 0 aliphatic heterocycles. The number of fused-ring (bicyclic) bond motifs is 1. The van der Waals surface area contributed by atoms with E-state index in [1.165, 1.54) is 0 Å². The molecule has 0 spiro atoms. The van der Waals surface area contributed by atoms with Crippen LogP contribution in [0.15, 0.2) is 36.5 Å². The van der Waals surface area contributed by atoms with E-state index in [1.54, 1.807) is 12.3 Å². The lowest BCUT2D eigenvalue weighted by Crippen LogP contribution is -2.37. The molecule has 4 heteroatoms. The van der Waals surface area contributed by atoms with Crippen LogP contribution in [-0.4, -0.2) is 23.2 Å². The molecule has 1 N–H and O–H groups in total. The fourth-order valence-corrected chi connectivity index (χ4v) is 2.11. The Kier molecular flexibility index (Phi) is 4.45. The molecule has 1 atom stereocenters. The lowest BCUT2D eigenvalue weighted by molar-refractivity contribution is -0.109. The molecule has 0 bridgehead atoms. The second-order valence-corrected chi connectivity index (χ2v) is 5.26. The Bertz CT molecular complexity index is 623. The summed E-state index contributed by atoms with van der Waals surface area (Å²) in [5, 5.41) is 4.65. The number of aromatic nitrogens is 1. The van der Waals surface area contributed by atoms with Gasteiger partial charge in [0.25, 0.3) is 5.91 Å². The first-order chi connectivity index (χ1) is 9.60. The van der Waals surface area contributed by atoms with Gasteiger partial charge in [-0.1, -0.05) is 38.1 Å². The number of rotatable bonds is 5. The third-order valence-corrected chi connectivity index (χ3v) is 3.07. The standard InChI is InChI=1S/C16H18N2O2/c1-11(2)7-14(10-19)18-16(20)15-8-12-5-3-4-6-13(12)9-17-15/h3-6,8-11,14H,7H2,1-2H3,(H,18,20)/t14-/m0/s1. The van der Waals surface area contributed by atoms with Crippen molar-refractivity contribution < 1.29 is 9.59 Å². The first-order valence-corrected chi connectivity index (χ1v) is 6.71. The number of hydrogen-bond acceptors (Lipinski definition) is 3. The number of aldehydes is 1. The van der Waals surface area contributed by atoms with Crippen molar-refractivity contribution in [2.75, 3.05) is 0 Å². The minimum atomic E-state index is -0.462. The third-order valence-electron chi connectivity index (χ3n) is 3.07. The summed E-state index contributed by atoms with van der Waals surface area (Å²) < 4.78 is 0. The summed E-state index contributed by atoms with van der Waals surface area (Å²) in [5.41, 5.74) is 0.333. The molecule has 0 fully saturated rings. The van der Waals surface area contributed by atoms with E-state index in [4.69, 9.17) is 0 Å². The van der Waals surface area contributed by atoms with Crippen LogP contribution >= 0.6 is 0 Å². The molecule has 0 saturated heterocycles. The molecule has 1 aromatic carbocycles. The second-order valence-electron chi connectivity index (χ2n) is 5.26. The Balaban J connectivity index is 2.16. The Hall–Kier alpha value is -2.23. The van der Waals surface area contributed by atoms with Crippen molar-refractivity contribution in [2.24, 2.45) is 5.92 Å². The quantitative estimate of drug-likeness (QED) is 0.849. The second kappa shape index (κ2) is 6.28. The molecule has 20 heavy (non-hydrogen) atoms. The maximum absolute atomic E-state index is 12.1. The highest BCUT2D eigenvalue weighted by molar-refractivity contribution is 5.97. The fourth-order valence-electron chi connectivity index (χ4n) is 2.11. The maximum atomic E-state index is 12.1. The van der Waals surface area contributed by atoms with E-state index in [2.05, 4.69) is 10.3 Å². The van der Waals surface area contributed by atoms with Gasteiger partial charge in [-0.3, -0.25) is 9.78 Å². The van der Waals surface area contributed by atoms with E-state index >= 15 is 0 Å². The van der Waals surface area contributed by atoms with Crippen molar-refractivity contribution in [1.82, 2.24) is 10.3 Å². The Morgan fingerprint density at radius 3 is 2.65 bits per heavy atom. The number of carbonyl (C=O) groups is 2. The molecule has 104 valence electrons. The van der Waals surface area contributed by atoms with Crippen LogP contribution in [0, 0.1) is 5.92 Å². The number of amides is 1. The van der Waals surface area contributed by atoms with E-state index in [0.717, 1.165) is 17.1 Å². The van der Waals surface area contributed by atoms with Gasteiger partial charge in [0, 0.05) is 11.6 Å². The molecule has 0 radical (unpaired) electrons. The number of nitrogens with zero attached hydrogens (tertiary/aromatic N) is 1. The summed E-state index contributed by atoms with van der Waals surface area (Å²) in [6.45, 7) is 4.02. The van der Waals surface area contributed by atoms with E-state index in [-0.39, 0.29) is 5.91 Å². The molecule has 4 nitrogen and oxygen atoms in total. The molecule has 2 rings (SSSR count). The van der Waals surface area contributed by atoms with Crippen LogP contribution in [0.25, 0.3) is 10.8 Å². The zero-order valence-electron chi connectivity index (χ0n) is 11.7. The molecule has 1 aromatic heterocycles. The first kappa shape index (κ1) is 14.2. The molecule has 0 aliphatic rings. The van der Waals surface area contributed by atoms with Gasteiger partial charge < -0.3 is 10.1 Å². The lowest BCUT2D eigenvalue weighted by Gasteiger charge is -2.14. The summed E-state index contributed by atoms with van der Waals surface area (Å²) in [4.78, 5) is 27.2. The number of benzene rings is 1. The van der Waals surface area contributed by atoms with E-state index in [9.17, 15) is 9.59 Å². The molecule has 1 amide bonds. The predicted molar refractivity (Wildman–Crippen MR) is 78.5 cm³/mol. The number of pyridine rings is 1. The minimum Gasteiger partial charge on any atom is -0.341 e. The van der Waals surface area contributed by atoms with Gasteiger partial charge in [0.15, 0.2) is 0 Å². The van der Waals surface area contributed by atoms with Crippen LogP contribution in [0.2, 0.25) is 0 Å². The predicted octanol–water partition coefficient (Wildman–Crippen LogP) is 2.58. The normalized spacial score (nSPS) is 12.3. The Labute approximate surface area is 118 Å². The number of hydrogen-bond donors (Lipinski definition) is 1. The molecular weight excluding hydrogens is 252 g/mol. The van der Waals surface area contributed by atoms with Gasteiger partial charge in [-0.2, -0.15) is 0 Å². The monoisotopic (exact) mass is 270 g/mol. The molecular formula is C16H18N2O2. The highest BCUT2D eigenvalue weighted by Crippen LogP contribution is 2.13. The summed E-state index contributed by atoms with van der Waals surface area (Å²) in [7, 11) is 0. The summed E-state index contributed by atoms with van der Waals surface area (Å²) in [5.74, 6) is 0.0311. The van der Waals surface area contributed by atoms with Crippen molar-refractivity contribution in [3.63, 3.8) is 0 Å². The Morgan fingerprint density at radius 1 is 1.30 bits per heavy atom. The molecule has 1 heterocycles. The molecule has 0 aliphatic carbocycles. The van der Waals surface area contributed by atoms with Crippen molar-refractivity contribution >= 4 is 23.0 Å². The lowest BCUT2D eigenvalue weighted by atomic mass is 10.0. The van der Waals surface area contributed by atoms with Crippen molar-refractivity contribution in [3.05, 3.63) is 42.2 Å². The molecule has 0 unspecified atom stereocenters. The number of carbonyl (C=O) groups excluding carboxylic acids is 2. The average molecular weight is 270 g/mol. The van der Waals surface area contributed by atoms with Crippen molar-refractivity contribution in [3.8, 4) is 0 Å². The summed E-state index contributed by atoms with van der Waals surface area (Å²) in [6, 6.07) is 8.99. The van der Waals surface area contributed by atoms with Crippen LogP contribution in [0.5, 0.6) is 0 Å². The van der Waals surface area contributed by atoms with Gasteiger partial charge in [0.05, 0.1) is 6.04 Å². The maximum Gasteiger partial charge on any atom is 0.270 e.